The Morgan fingerprint density at radius 3 is 2.45 bits per heavy atom. The number of rotatable bonds is 8. The lowest BCUT2D eigenvalue weighted by atomic mass is 9.80. The van der Waals surface area contributed by atoms with Crippen LogP contribution in [0.15, 0.2) is 11.8 Å². The van der Waals surface area contributed by atoms with Crippen molar-refractivity contribution < 1.29 is 59.5 Å². The van der Waals surface area contributed by atoms with Crippen LogP contribution in [-0.4, -0.2) is 110 Å². The Balaban J connectivity index is 1.75. The van der Waals surface area contributed by atoms with Gasteiger partial charge in [0.05, 0.1) is 38.1 Å². The van der Waals surface area contributed by atoms with Gasteiger partial charge in [0.1, 0.15) is 30.0 Å². The smallest absolute Gasteiger partial charge is 0.309 e. The van der Waals surface area contributed by atoms with Gasteiger partial charge in [-0.25, -0.2) is 0 Å². The topological polar surface area (TPSA) is 196 Å². The van der Waals surface area contributed by atoms with E-state index in [-0.39, 0.29) is 25.4 Å². The van der Waals surface area contributed by atoms with Crippen LogP contribution < -0.4 is 0 Å². The zero-order chi connectivity index (χ0) is 24.5. The number of esters is 1. The zero-order valence-corrected chi connectivity index (χ0v) is 18.6. The largest absolute Gasteiger partial charge is 0.462 e. The molecule has 10 atom stereocenters. The van der Waals surface area contributed by atoms with Crippen molar-refractivity contribution in [1.29, 1.82) is 0 Å². The molecule has 190 valence electrons. The monoisotopic (exact) mass is 478 g/mol. The van der Waals surface area contributed by atoms with Crippen molar-refractivity contribution in [2.75, 3.05) is 19.8 Å². The first-order valence-corrected chi connectivity index (χ1v) is 11.0. The van der Waals surface area contributed by atoms with Crippen molar-refractivity contribution in [3.8, 4) is 0 Å². The molecule has 0 unspecified atom stereocenters. The molecule has 3 aliphatic rings. The predicted molar refractivity (Wildman–Crippen MR) is 108 cm³/mol. The maximum absolute atomic E-state index is 12.2. The minimum absolute atomic E-state index is 0.0210. The molecule has 0 aromatic carbocycles. The van der Waals surface area contributed by atoms with Crippen LogP contribution in [0.4, 0.5) is 0 Å². The molecule has 1 aliphatic carbocycles. The van der Waals surface area contributed by atoms with Crippen molar-refractivity contribution >= 4 is 5.97 Å². The van der Waals surface area contributed by atoms with Crippen LogP contribution >= 0.6 is 0 Å². The first-order chi connectivity index (χ1) is 15.5. The van der Waals surface area contributed by atoms with Crippen LogP contribution in [-0.2, 0) is 23.7 Å². The number of hydrogen-bond donors (Lipinski definition) is 7. The lowest BCUT2D eigenvalue weighted by molar-refractivity contribution is -0.299. The summed E-state index contributed by atoms with van der Waals surface area (Å²) in [4.78, 5) is 12.2. The molecular weight excluding hydrogens is 444 g/mol. The van der Waals surface area contributed by atoms with Crippen LogP contribution in [0.5, 0.6) is 0 Å². The summed E-state index contributed by atoms with van der Waals surface area (Å²) < 4.78 is 21.8. The first-order valence-electron chi connectivity index (χ1n) is 11.0. The van der Waals surface area contributed by atoms with Gasteiger partial charge < -0.3 is 54.7 Å². The predicted octanol–water partition coefficient (Wildman–Crippen LogP) is -2.65. The fourth-order valence-corrected chi connectivity index (χ4v) is 4.64. The third-order valence-corrected chi connectivity index (χ3v) is 6.53. The third-order valence-electron chi connectivity index (χ3n) is 6.53. The van der Waals surface area contributed by atoms with E-state index in [4.69, 9.17) is 18.9 Å². The van der Waals surface area contributed by atoms with E-state index in [0.717, 1.165) is 0 Å². The number of aliphatic hydroxyl groups is 7. The molecule has 0 radical (unpaired) electrons. The number of ether oxygens (including phenoxy) is 4. The van der Waals surface area contributed by atoms with Gasteiger partial charge in [0.2, 0.25) is 6.29 Å². The van der Waals surface area contributed by atoms with Crippen LogP contribution in [0, 0.1) is 17.8 Å². The Bertz CT molecular complexity index is 711. The molecular formula is C21H34O12. The van der Waals surface area contributed by atoms with Gasteiger partial charge >= 0.3 is 5.97 Å². The van der Waals surface area contributed by atoms with Crippen LogP contribution in [0.25, 0.3) is 0 Å². The third kappa shape index (κ3) is 5.19. The van der Waals surface area contributed by atoms with Gasteiger partial charge in [-0.2, -0.15) is 0 Å². The summed E-state index contributed by atoms with van der Waals surface area (Å²) in [6.07, 6.45) is -8.43. The van der Waals surface area contributed by atoms with Crippen molar-refractivity contribution in [3.05, 3.63) is 11.8 Å². The molecule has 2 heterocycles. The Morgan fingerprint density at radius 1 is 1.15 bits per heavy atom. The normalized spacial score (nSPS) is 43.1. The summed E-state index contributed by atoms with van der Waals surface area (Å²) in [6, 6.07) is 0. The van der Waals surface area contributed by atoms with E-state index >= 15 is 0 Å². The van der Waals surface area contributed by atoms with Gasteiger partial charge in [0.25, 0.3) is 0 Å². The highest BCUT2D eigenvalue weighted by atomic mass is 16.7. The summed E-state index contributed by atoms with van der Waals surface area (Å²) in [5.74, 6) is -2.12. The van der Waals surface area contributed by atoms with Crippen LogP contribution in [0.1, 0.15) is 26.7 Å². The van der Waals surface area contributed by atoms with Gasteiger partial charge in [-0.1, -0.05) is 13.8 Å². The van der Waals surface area contributed by atoms with Gasteiger partial charge in [0, 0.05) is 12.3 Å². The lowest BCUT2D eigenvalue weighted by Gasteiger charge is -2.41. The van der Waals surface area contributed by atoms with E-state index in [2.05, 4.69) is 0 Å². The summed E-state index contributed by atoms with van der Waals surface area (Å²) in [6.45, 7) is 2.04. The van der Waals surface area contributed by atoms with Gasteiger partial charge in [-0.15, -0.1) is 0 Å². The van der Waals surface area contributed by atoms with Crippen LogP contribution in [0.2, 0.25) is 0 Å². The molecule has 2 fully saturated rings. The average Bonchev–Trinajstić information content (AvgIpc) is 3.03. The van der Waals surface area contributed by atoms with Gasteiger partial charge in [0.15, 0.2) is 6.29 Å². The quantitative estimate of drug-likeness (QED) is 0.179. The summed E-state index contributed by atoms with van der Waals surface area (Å²) in [7, 11) is 0. The number of fused-ring (bicyclic) bond motifs is 1. The molecule has 7 N–H and O–H groups in total. The Hall–Kier alpha value is -1.35. The fourth-order valence-electron chi connectivity index (χ4n) is 4.64. The van der Waals surface area contributed by atoms with Crippen molar-refractivity contribution in [2.45, 2.75) is 75.4 Å². The Morgan fingerprint density at radius 2 is 1.85 bits per heavy atom. The van der Waals surface area contributed by atoms with E-state index in [1.165, 1.54) is 6.26 Å². The van der Waals surface area contributed by atoms with Crippen molar-refractivity contribution in [1.82, 2.24) is 0 Å². The maximum Gasteiger partial charge on any atom is 0.309 e. The van der Waals surface area contributed by atoms with Crippen molar-refractivity contribution in [2.24, 2.45) is 17.8 Å². The molecule has 0 aromatic rings. The number of aliphatic hydroxyl groups excluding tert-OH is 6. The number of carbonyl (C=O) groups excluding carboxylic acids is 1. The molecule has 3 rings (SSSR count). The van der Waals surface area contributed by atoms with E-state index in [9.17, 15) is 40.5 Å². The molecule has 0 bridgehead atoms. The Labute approximate surface area is 191 Å². The first kappa shape index (κ1) is 26.3. The standard InChI is InChI=1S/C21H34O12/c1-9(2)3-14(25)33-19-15-11(4-13(24)21(15,29)8-23)10(6-30-19)7-31-20-18(28)17(27)16(26)12(5-22)32-20/h6,9,11-13,15-20,22-24,26-29H,3-5,7-8H2,1-2H3/t11-,12+,13-,15-,16+,17-,18+,19+,20+,21+/m0/s1. The number of hydrogen-bond acceptors (Lipinski definition) is 12. The van der Waals surface area contributed by atoms with Crippen LogP contribution in [0.3, 0.4) is 0 Å². The summed E-state index contributed by atoms with van der Waals surface area (Å²) in [5.41, 5.74) is -1.56. The minimum atomic E-state index is -1.99. The van der Waals surface area contributed by atoms with E-state index < -0.39 is 79.7 Å². The maximum atomic E-state index is 12.2. The highest BCUT2D eigenvalue weighted by Crippen LogP contribution is 2.49. The second-order valence-electron chi connectivity index (χ2n) is 9.33. The van der Waals surface area contributed by atoms with E-state index in [0.29, 0.717) is 5.57 Å². The fraction of sp³-hybridized carbons (Fsp3) is 0.857. The summed E-state index contributed by atoms with van der Waals surface area (Å²) >= 11 is 0. The molecule has 1 saturated carbocycles. The number of carbonyl (C=O) groups is 1. The van der Waals surface area contributed by atoms with Gasteiger partial charge in [-0.3, -0.25) is 4.79 Å². The molecule has 2 aliphatic heterocycles. The summed E-state index contributed by atoms with van der Waals surface area (Å²) in [5, 5.41) is 70.5. The lowest BCUT2D eigenvalue weighted by Crippen LogP contribution is -2.59. The van der Waals surface area contributed by atoms with Gasteiger partial charge in [-0.05, 0) is 17.9 Å². The van der Waals surface area contributed by atoms with E-state index in [1.807, 2.05) is 13.8 Å². The molecule has 1 saturated heterocycles. The SMILES string of the molecule is CC(C)CC(=O)O[C@H]1OC=C(CO[C@@H]2O[C@H](CO)[C@@H](O)[C@H](O)[C@H]2O)[C@@H]2C[C@H](O)[C@](O)(CO)[C@H]12. The Kier molecular flexibility index (Phi) is 8.36. The zero-order valence-electron chi connectivity index (χ0n) is 18.6. The molecule has 12 heteroatoms. The molecule has 33 heavy (non-hydrogen) atoms. The van der Waals surface area contributed by atoms with Crippen molar-refractivity contribution in [3.63, 3.8) is 0 Å². The molecule has 0 aromatic heterocycles. The van der Waals surface area contributed by atoms with E-state index in [1.54, 1.807) is 0 Å². The highest BCUT2D eigenvalue weighted by Gasteiger charge is 2.60. The second kappa shape index (κ2) is 10.5. The molecule has 12 nitrogen and oxygen atoms in total. The average molecular weight is 478 g/mol. The molecule has 0 spiro atoms. The highest BCUT2D eigenvalue weighted by molar-refractivity contribution is 5.69. The minimum Gasteiger partial charge on any atom is -0.462 e. The second-order valence-corrected chi connectivity index (χ2v) is 9.33. The molecule has 0 amide bonds.